The highest BCUT2D eigenvalue weighted by Crippen LogP contribution is 2.19. The number of aromatic nitrogens is 1. The molecular formula is C14H19BrN2O2. The van der Waals surface area contributed by atoms with E-state index in [1.807, 2.05) is 11.8 Å². The summed E-state index contributed by atoms with van der Waals surface area (Å²) in [5.74, 6) is -0.146. The van der Waals surface area contributed by atoms with Crippen LogP contribution < -0.4 is 5.43 Å². The van der Waals surface area contributed by atoms with Crippen LogP contribution >= 0.6 is 15.9 Å². The number of likely N-dealkylation sites (tertiary alicyclic amines) is 1. The fourth-order valence-corrected chi connectivity index (χ4v) is 3.17. The Bertz CT molecular complexity index is 512. The summed E-state index contributed by atoms with van der Waals surface area (Å²) in [7, 11) is 0. The SMILES string of the molecule is Cc1cc(=O)c(C(=O)N2CCCCCC2CBr)c[nH]1. The summed E-state index contributed by atoms with van der Waals surface area (Å²) in [5.41, 5.74) is 0.826. The summed E-state index contributed by atoms with van der Waals surface area (Å²) < 4.78 is 0. The van der Waals surface area contributed by atoms with E-state index in [0.717, 1.165) is 43.3 Å². The average molecular weight is 327 g/mol. The van der Waals surface area contributed by atoms with Crippen LogP contribution in [0.25, 0.3) is 0 Å². The molecule has 1 aliphatic heterocycles. The molecule has 1 aliphatic rings. The molecular weight excluding hydrogens is 308 g/mol. The molecule has 0 saturated carbocycles. The molecule has 1 aromatic rings. The molecule has 1 unspecified atom stereocenters. The topological polar surface area (TPSA) is 53.2 Å². The number of hydrogen-bond donors (Lipinski definition) is 1. The van der Waals surface area contributed by atoms with Gasteiger partial charge in [0, 0.05) is 35.9 Å². The number of aromatic amines is 1. The van der Waals surface area contributed by atoms with Crippen LogP contribution in [0.15, 0.2) is 17.1 Å². The van der Waals surface area contributed by atoms with Gasteiger partial charge < -0.3 is 9.88 Å². The highest BCUT2D eigenvalue weighted by molar-refractivity contribution is 9.09. The standard InChI is InChI=1S/C14H19BrN2O2/c1-10-7-13(18)12(9-16-10)14(19)17-6-4-2-3-5-11(17)8-15/h7,9,11H,2-6,8H2,1H3,(H,16,18). The third-order valence-electron chi connectivity index (χ3n) is 3.60. The van der Waals surface area contributed by atoms with E-state index in [4.69, 9.17) is 0 Å². The van der Waals surface area contributed by atoms with Crippen molar-refractivity contribution in [3.05, 3.63) is 33.7 Å². The van der Waals surface area contributed by atoms with E-state index in [2.05, 4.69) is 20.9 Å². The first kappa shape index (κ1) is 14.3. The molecule has 1 saturated heterocycles. The number of alkyl halides is 1. The van der Waals surface area contributed by atoms with Crippen molar-refractivity contribution in [2.45, 2.75) is 38.6 Å². The van der Waals surface area contributed by atoms with Crippen molar-refractivity contribution in [1.29, 1.82) is 0 Å². The Morgan fingerprint density at radius 1 is 1.47 bits per heavy atom. The van der Waals surface area contributed by atoms with Gasteiger partial charge in [0.15, 0.2) is 5.43 Å². The minimum atomic E-state index is -0.196. The monoisotopic (exact) mass is 326 g/mol. The van der Waals surface area contributed by atoms with Gasteiger partial charge in [-0.1, -0.05) is 28.8 Å². The fourth-order valence-electron chi connectivity index (χ4n) is 2.50. The zero-order valence-electron chi connectivity index (χ0n) is 11.1. The van der Waals surface area contributed by atoms with Crippen LogP contribution in [0.4, 0.5) is 0 Å². The van der Waals surface area contributed by atoms with Gasteiger partial charge in [-0.25, -0.2) is 0 Å². The zero-order valence-corrected chi connectivity index (χ0v) is 12.7. The smallest absolute Gasteiger partial charge is 0.259 e. The first-order valence-electron chi connectivity index (χ1n) is 6.69. The Kier molecular flexibility index (Phi) is 4.80. The number of carbonyl (C=O) groups is 1. The highest BCUT2D eigenvalue weighted by Gasteiger charge is 2.26. The van der Waals surface area contributed by atoms with Crippen molar-refractivity contribution in [1.82, 2.24) is 9.88 Å². The van der Waals surface area contributed by atoms with Crippen molar-refractivity contribution in [3.8, 4) is 0 Å². The Hall–Kier alpha value is -1.10. The molecule has 4 nitrogen and oxygen atoms in total. The summed E-state index contributed by atoms with van der Waals surface area (Å²) in [6.45, 7) is 2.55. The minimum Gasteiger partial charge on any atom is -0.364 e. The number of aryl methyl sites for hydroxylation is 1. The van der Waals surface area contributed by atoms with Crippen LogP contribution in [0.2, 0.25) is 0 Å². The number of carbonyl (C=O) groups excluding carboxylic acids is 1. The largest absolute Gasteiger partial charge is 0.364 e. The van der Waals surface area contributed by atoms with Crippen molar-refractivity contribution in [2.75, 3.05) is 11.9 Å². The number of hydrogen-bond acceptors (Lipinski definition) is 2. The van der Waals surface area contributed by atoms with E-state index in [9.17, 15) is 9.59 Å². The summed E-state index contributed by atoms with van der Waals surface area (Å²) in [4.78, 5) is 29.3. The summed E-state index contributed by atoms with van der Waals surface area (Å²) in [5, 5.41) is 0.766. The van der Waals surface area contributed by atoms with E-state index < -0.39 is 0 Å². The second-order valence-corrected chi connectivity index (χ2v) is 5.70. The Morgan fingerprint density at radius 2 is 2.26 bits per heavy atom. The van der Waals surface area contributed by atoms with Crippen LogP contribution in [0, 0.1) is 6.92 Å². The normalized spacial score (nSPS) is 20.1. The second-order valence-electron chi connectivity index (χ2n) is 5.05. The van der Waals surface area contributed by atoms with Gasteiger partial charge in [0.1, 0.15) is 5.56 Å². The molecule has 5 heteroatoms. The lowest BCUT2D eigenvalue weighted by molar-refractivity contribution is 0.0700. The molecule has 0 aromatic carbocycles. The Balaban J connectivity index is 2.28. The molecule has 0 aliphatic carbocycles. The molecule has 1 N–H and O–H groups in total. The highest BCUT2D eigenvalue weighted by atomic mass is 79.9. The van der Waals surface area contributed by atoms with Gasteiger partial charge in [0.05, 0.1) is 0 Å². The maximum atomic E-state index is 12.5. The van der Waals surface area contributed by atoms with Crippen molar-refractivity contribution < 1.29 is 4.79 Å². The predicted molar refractivity (Wildman–Crippen MR) is 78.9 cm³/mol. The molecule has 1 amide bonds. The van der Waals surface area contributed by atoms with Gasteiger partial charge in [-0.05, 0) is 19.8 Å². The van der Waals surface area contributed by atoms with Gasteiger partial charge in [0.2, 0.25) is 0 Å². The predicted octanol–water partition coefficient (Wildman–Crippen LogP) is 2.46. The molecule has 104 valence electrons. The maximum Gasteiger partial charge on any atom is 0.259 e. The molecule has 1 atom stereocenters. The lowest BCUT2D eigenvalue weighted by Gasteiger charge is -2.28. The van der Waals surface area contributed by atoms with Crippen molar-refractivity contribution in [2.24, 2.45) is 0 Å². The third kappa shape index (κ3) is 3.26. The van der Waals surface area contributed by atoms with Gasteiger partial charge in [-0.3, -0.25) is 9.59 Å². The van der Waals surface area contributed by atoms with E-state index >= 15 is 0 Å². The Morgan fingerprint density at radius 3 is 2.95 bits per heavy atom. The van der Waals surface area contributed by atoms with Gasteiger partial charge in [0.25, 0.3) is 5.91 Å². The molecule has 0 radical (unpaired) electrons. The summed E-state index contributed by atoms with van der Waals surface area (Å²) in [6, 6.07) is 1.67. The third-order valence-corrected chi connectivity index (χ3v) is 4.35. The number of halogens is 1. The summed E-state index contributed by atoms with van der Waals surface area (Å²) in [6.07, 6.45) is 5.85. The number of rotatable bonds is 2. The lowest BCUT2D eigenvalue weighted by atomic mass is 10.1. The number of nitrogens with one attached hydrogen (secondary N) is 1. The van der Waals surface area contributed by atoms with Crippen LogP contribution in [-0.4, -0.2) is 33.7 Å². The first-order valence-corrected chi connectivity index (χ1v) is 7.82. The van der Waals surface area contributed by atoms with E-state index in [-0.39, 0.29) is 22.9 Å². The fraction of sp³-hybridized carbons (Fsp3) is 0.571. The number of nitrogens with zero attached hydrogens (tertiary/aromatic N) is 1. The van der Waals surface area contributed by atoms with Crippen molar-refractivity contribution in [3.63, 3.8) is 0 Å². The maximum absolute atomic E-state index is 12.5. The molecule has 0 spiro atoms. The van der Waals surface area contributed by atoms with E-state index in [1.165, 1.54) is 12.3 Å². The number of H-pyrrole nitrogens is 1. The van der Waals surface area contributed by atoms with E-state index in [0.29, 0.717) is 0 Å². The Labute approximate surface area is 121 Å². The number of pyridine rings is 1. The lowest BCUT2D eigenvalue weighted by Crippen LogP contribution is -2.42. The molecule has 2 heterocycles. The average Bonchev–Trinajstić information content (AvgIpc) is 2.63. The minimum absolute atomic E-state index is 0.146. The molecule has 1 fully saturated rings. The zero-order chi connectivity index (χ0) is 13.8. The molecule has 0 bridgehead atoms. The van der Waals surface area contributed by atoms with E-state index in [1.54, 1.807) is 0 Å². The summed E-state index contributed by atoms with van der Waals surface area (Å²) >= 11 is 3.48. The van der Waals surface area contributed by atoms with Crippen LogP contribution in [0.3, 0.4) is 0 Å². The van der Waals surface area contributed by atoms with Crippen LogP contribution in [-0.2, 0) is 0 Å². The number of amides is 1. The van der Waals surface area contributed by atoms with Crippen LogP contribution in [0.5, 0.6) is 0 Å². The molecule has 2 rings (SSSR count). The molecule has 19 heavy (non-hydrogen) atoms. The van der Waals surface area contributed by atoms with Gasteiger partial charge >= 0.3 is 0 Å². The first-order chi connectivity index (χ1) is 9.13. The quantitative estimate of drug-likeness (QED) is 0.849. The van der Waals surface area contributed by atoms with Gasteiger partial charge in [-0.2, -0.15) is 0 Å². The van der Waals surface area contributed by atoms with Crippen LogP contribution in [0.1, 0.15) is 41.7 Å². The van der Waals surface area contributed by atoms with Crippen molar-refractivity contribution >= 4 is 21.8 Å². The molecule has 1 aromatic heterocycles. The second kappa shape index (κ2) is 6.37. The van der Waals surface area contributed by atoms with Gasteiger partial charge in [-0.15, -0.1) is 0 Å².